The summed E-state index contributed by atoms with van der Waals surface area (Å²) >= 11 is 0. The molecule has 0 radical (unpaired) electrons. The number of azo groups is 1. The summed E-state index contributed by atoms with van der Waals surface area (Å²) in [5.41, 5.74) is 0.0523. The Bertz CT molecular complexity index is 1030. The number of hydrogen-bond donors (Lipinski definition) is 2. The van der Waals surface area contributed by atoms with Crippen molar-refractivity contribution in [3.05, 3.63) is 53.9 Å². The van der Waals surface area contributed by atoms with Gasteiger partial charge in [0.25, 0.3) is 0 Å². The fraction of sp³-hybridized carbons (Fsp3) is 0.118. The first-order chi connectivity index (χ1) is 12.5. The Morgan fingerprint density at radius 3 is 2.69 bits per heavy atom. The lowest BCUT2D eigenvalue weighted by Gasteiger charge is -2.01. The molecule has 0 amide bonds. The number of nitrogens with zero attached hydrogens (tertiary/aromatic N) is 4. The van der Waals surface area contributed by atoms with E-state index in [1.807, 2.05) is 0 Å². The standard InChI is InChI=1S/C17H14N4O5/c1-2-26-17(25)13-15(21-9-5-8-12(22)14(21)18-13)20-19-11-7-4-3-6-10(11)16(23)24/h3-9,22H,2H2,1H3,(H,23,24). The number of carboxylic acid groups (broad SMARTS) is 1. The largest absolute Gasteiger partial charge is 0.504 e. The number of imidazole rings is 1. The van der Waals surface area contributed by atoms with E-state index >= 15 is 0 Å². The third-order valence-corrected chi connectivity index (χ3v) is 3.46. The molecule has 0 saturated heterocycles. The zero-order valence-corrected chi connectivity index (χ0v) is 13.7. The topological polar surface area (TPSA) is 126 Å². The van der Waals surface area contributed by atoms with Crippen molar-refractivity contribution >= 4 is 29.1 Å². The average Bonchev–Trinajstić information content (AvgIpc) is 3.00. The zero-order valence-electron chi connectivity index (χ0n) is 13.7. The first-order valence-electron chi connectivity index (χ1n) is 7.64. The molecule has 0 saturated carbocycles. The highest BCUT2D eigenvalue weighted by Gasteiger charge is 2.22. The fourth-order valence-electron chi connectivity index (χ4n) is 2.32. The lowest BCUT2D eigenvalue weighted by molar-refractivity contribution is 0.0520. The summed E-state index contributed by atoms with van der Waals surface area (Å²) in [6, 6.07) is 9.02. The number of aromatic carboxylic acids is 1. The summed E-state index contributed by atoms with van der Waals surface area (Å²) in [5.74, 6) is -2.00. The van der Waals surface area contributed by atoms with E-state index in [1.165, 1.54) is 22.6 Å². The Balaban J connectivity index is 2.15. The maximum absolute atomic E-state index is 12.2. The minimum absolute atomic E-state index is 0.0227. The number of aromatic hydroxyl groups is 1. The smallest absolute Gasteiger partial charge is 0.360 e. The molecule has 0 fully saturated rings. The van der Waals surface area contributed by atoms with Gasteiger partial charge in [-0.25, -0.2) is 14.6 Å². The van der Waals surface area contributed by atoms with Gasteiger partial charge < -0.3 is 14.9 Å². The molecule has 26 heavy (non-hydrogen) atoms. The van der Waals surface area contributed by atoms with Crippen molar-refractivity contribution < 1.29 is 24.5 Å². The van der Waals surface area contributed by atoms with E-state index in [9.17, 15) is 19.8 Å². The number of carbonyl (C=O) groups excluding carboxylic acids is 1. The number of ether oxygens (including phenoxy) is 1. The quantitative estimate of drug-likeness (QED) is 0.534. The number of esters is 1. The normalized spacial score (nSPS) is 11.1. The SMILES string of the molecule is CCOC(=O)c1nc2c(O)cccn2c1N=Nc1ccccc1C(=O)O. The molecular weight excluding hydrogens is 340 g/mol. The van der Waals surface area contributed by atoms with E-state index in [0.717, 1.165) is 0 Å². The van der Waals surface area contributed by atoms with Crippen LogP contribution in [0.15, 0.2) is 52.8 Å². The van der Waals surface area contributed by atoms with Crippen molar-refractivity contribution in [1.29, 1.82) is 0 Å². The van der Waals surface area contributed by atoms with Crippen molar-refractivity contribution in [2.24, 2.45) is 10.2 Å². The predicted octanol–water partition coefficient (Wildman–Crippen LogP) is 3.33. The molecule has 132 valence electrons. The number of fused-ring (bicyclic) bond motifs is 1. The molecule has 9 nitrogen and oxygen atoms in total. The molecule has 2 heterocycles. The second-order valence-electron chi connectivity index (χ2n) is 5.11. The molecular formula is C17H14N4O5. The third kappa shape index (κ3) is 3.09. The molecule has 3 rings (SSSR count). The van der Waals surface area contributed by atoms with Crippen molar-refractivity contribution in [3.8, 4) is 5.75 Å². The Kier molecular flexibility index (Phi) is 4.61. The van der Waals surface area contributed by atoms with Gasteiger partial charge in [-0.3, -0.25) is 4.40 Å². The number of carbonyl (C=O) groups is 2. The van der Waals surface area contributed by atoms with Crippen molar-refractivity contribution in [2.45, 2.75) is 6.92 Å². The highest BCUT2D eigenvalue weighted by molar-refractivity contribution is 5.94. The number of carboxylic acids is 1. The molecule has 0 aliphatic rings. The number of hydrogen-bond acceptors (Lipinski definition) is 7. The predicted molar refractivity (Wildman–Crippen MR) is 90.4 cm³/mol. The van der Waals surface area contributed by atoms with Gasteiger partial charge in [-0.1, -0.05) is 12.1 Å². The van der Waals surface area contributed by atoms with E-state index in [0.29, 0.717) is 0 Å². The second-order valence-corrected chi connectivity index (χ2v) is 5.11. The molecule has 9 heteroatoms. The van der Waals surface area contributed by atoms with Gasteiger partial charge in [-0.2, -0.15) is 0 Å². The summed E-state index contributed by atoms with van der Waals surface area (Å²) in [7, 11) is 0. The first kappa shape index (κ1) is 17.1. The van der Waals surface area contributed by atoms with Crippen LogP contribution in [-0.4, -0.2) is 38.1 Å². The van der Waals surface area contributed by atoms with Crippen LogP contribution in [0.1, 0.15) is 27.8 Å². The summed E-state index contributed by atoms with van der Waals surface area (Å²) in [6.07, 6.45) is 1.54. The van der Waals surface area contributed by atoms with Crippen LogP contribution >= 0.6 is 0 Å². The minimum Gasteiger partial charge on any atom is -0.504 e. The van der Waals surface area contributed by atoms with E-state index in [4.69, 9.17) is 4.74 Å². The summed E-state index contributed by atoms with van der Waals surface area (Å²) in [5, 5.41) is 27.1. The number of aromatic nitrogens is 2. The molecule has 0 bridgehead atoms. The highest BCUT2D eigenvalue weighted by Crippen LogP contribution is 2.29. The molecule has 2 N–H and O–H groups in total. The first-order valence-corrected chi connectivity index (χ1v) is 7.64. The average molecular weight is 354 g/mol. The number of benzene rings is 1. The van der Waals surface area contributed by atoms with Crippen LogP contribution in [0, 0.1) is 0 Å². The van der Waals surface area contributed by atoms with Gasteiger partial charge in [-0.05, 0) is 31.2 Å². The highest BCUT2D eigenvalue weighted by atomic mass is 16.5. The lowest BCUT2D eigenvalue weighted by atomic mass is 10.2. The van der Waals surface area contributed by atoms with E-state index < -0.39 is 11.9 Å². The third-order valence-electron chi connectivity index (χ3n) is 3.46. The lowest BCUT2D eigenvalue weighted by Crippen LogP contribution is -2.05. The van der Waals surface area contributed by atoms with Crippen molar-refractivity contribution in [2.75, 3.05) is 6.61 Å². The molecule has 0 atom stereocenters. The van der Waals surface area contributed by atoms with Crippen LogP contribution < -0.4 is 0 Å². The van der Waals surface area contributed by atoms with E-state index in [1.54, 1.807) is 31.3 Å². The van der Waals surface area contributed by atoms with E-state index in [2.05, 4.69) is 15.2 Å². The van der Waals surface area contributed by atoms with Crippen LogP contribution in [-0.2, 0) is 4.74 Å². The van der Waals surface area contributed by atoms with Gasteiger partial charge in [0.05, 0.1) is 12.2 Å². The second kappa shape index (κ2) is 7.01. The monoisotopic (exact) mass is 354 g/mol. The summed E-state index contributed by atoms with van der Waals surface area (Å²) < 4.78 is 6.33. The molecule has 2 aromatic heterocycles. The Hall–Kier alpha value is -3.75. The van der Waals surface area contributed by atoms with Crippen molar-refractivity contribution in [1.82, 2.24) is 9.38 Å². The molecule has 1 aromatic carbocycles. The Morgan fingerprint density at radius 1 is 1.19 bits per heavy atom. The number of rotatable bonds is 5. The van der Waals surface area contributed by atoms with Crippen LogP contribution in [0.5, 0.6) is 5.75 Å². The Labute approximate surface area is 147 Å². The summed E-state index contributed by atoms with van der Waals surface area (Å²) in [4.78, 5) is 27.5. The van der Waals surface area contributed by atoms with Gasteiger partial charge >= 0.3 is 11.9 Å². The van der Waals surface area contributed by atoms with Gasteiger partial charge in [0.15, 0.2) is 22.9 Å². The maximum atomic E-state index is 12.2. The molecule has 0 unspecified atom stereocenters. The number of pyridine rings is 1. The van der Waals surface area contributed by atoms with Gasteiger partial charge in [-0.15, -0.1) is 10.2 Å². The van der Waals surface area contributed by atoms with Crippen LogP contribution in [0.4, 0.5) is 11.5 Å². The molecule has 0 spiro atoms. The summed E-state index contributed by atoms with van der Waals surface area (Å²) in [6.45, 7) is 1.78. The Morgan fingerprint density at radius 2 is 1.96 bits per heavy atom. The van der Waals surface area contributed by atoms with E-state index in [-0.39, 0.29) is 40.8 Å². The molecule has 3 aromatic rings. The van der Waals surface area contributed by atoms with Crippen molar-refractivity contribution in [3.63, 3.8) is 0 Å². The van der Waals surface area contributed by atoms with Crippen LogP contribution in [0.25, 0.3) is 5.65 Å². The molecule has 0 aliphatic carbocycles. The van der Waals surface area contributed by atoms with Gasteiger partial charge in [0.2, 0.25) is 0 Å². The maximum Gasteiger partial charge on any atom is 0.360 e. The van der Waals surface area contributed by atoms with Crippen LogP contribution in [0.3, 0.4) is 0 Å². The van der Waals surface area contributed by atoms with Gasteiger partial charge in [0.1, 0.15) is 5.69 Å². The van der Waals surface area contributed by atoms with Gasteiger partial charge in [0, 0.05) is 6.20 Å². The minimum atomic E-state index is -1.15. The fourth-order valence-corrected chi connectivity index (χ4v) is 2.32. The molecule has 0 aliphatic heterocycles. The van der Waals surface area contributed by atoms with Crippen LogP contribution in [0.2, 0.25) is 0 Å². The zero-order chi connectivity index (χ0) is 18.7.